The number of halogens is 2. The first-order chi connectivity index (χ1) is 13.3. The van der Waals surface area contributed by atoms with Crippen molar-refractivity contribution in [3.05, 3.63) is 90.5 Å². The van der Waals surface area contributed by atoms with E-state index in [2.05, 4.69) is 91.9 Å². The SMILES string of the molecule is CCCCc1cc(-c2cc3ccccc3[cH-]2)c2c(ccc3ccccc32)c1.[Cl-].[Cl-].[Zr+3]. The van der Waals surface area contributed by atoms with E-state index in [-0.39, 0.29) is 51.0 Å². The molecule has 0 saturated heterocycles. The molecule has 0 spiro atoms. The fraction of sp³-hybridized carbons (Fsp3) is 0.148. The minimum atomic E-state index is 0. The van der Waals surface area contributed by atoms with Crippen LogP contribution in [0.15, 0.2) is 84.9 Å². The summed E-state index contributed by atoms with van der Waals surface area (Å²) in [5.41, 5.74) is 4.14. The monoisotopic (exact) mass is 507 g/mol. The maximum Gasteiger partial charge on any atom is 3.00 e. The van der Waals surface area contributed by atoms with E-state index in [0.717, 1.165) is 6.42 Å². The van der Waals surface area contributed by atoms with Crippen LogP contribution in [0.1, 0.15) is 25.3 Å². The molecule has 0 nitrogen and oxygen atoms in total. The Morgan fingerprint density at radius 1 is 0.733 bits per heavy atom. The Balaban J connectivity index is 0.00000107. The molecule has 0 aliphatic rings. The second-order valence-corrected chi connectivity index (χ2v) is 7.50. The molecule has 0 atom stereocenters. The quantitative estimate of drug-likeness (QED) is 0.257. The molecule has 0 bridgehead atoms. The van der Waals surface area contributed by atoms with Crippen molar-refractivity contribution in [1.82, 2.24) is 0 Å². The van der Waals surface area contributed by atoms with Crippen LogP contribution in [0.4, 0.5) is 0 Å². The molecule has 30 heavy (non-hydrogen) atoms. The van der Waals surface area contributed by atoms with Crippen molar-refractivity contribution in [2.24, 2.45) is 0 Å². The Bertz CT molecular complexity index is 1240. The van der Waals surface area contributed by atoms with Gasteiger partial charge in [-0.2, -0.15) is 0 Å². The molecule has 0 aliphatic carbocycles. The van der Waals surface area contributed by atoms with Gasteiger partial charge in [0.25, 0.3) is 0 Å². The van der Waals surface area contributed by atoms with Gasteiger partial charge in [-0.3, -0.25) is 0 Å². The van der Waals surface area contributed by atoms with Crippen LogP contribution in [-0.4, -0.2) is 0 Å². The van der Waals surface area contributed by atoms with Gasteiger partial charge in [-0.05, 0) is 34.4 Å². The van der Waals surface area contributed by atoms with E-state index in [1.165, 1.54) is 61.8 Å². The maximum atomic E-state index is 2.43. The third kappa shape index (κ3) is 4.55. The molecule has 5 aromatic carbocycles. The normalized spacial score (nSPS) is 10.4. The summed E-state index contributed by atoms with van der Waals surface area (Å²) in [6.45, 7) is 2.26. The van der Waals surface area contributed by atoms with Gasteiger partial charge in [-0.1, -0.05) is 91.2 Å². The summed E-state index contributed by atoms with van der Waals surface area (Å²) in [5.74, 6) is 0. The Morgan fingerprint density at radius 2 is 1.43 bits per heavy atom. The zero-order valence-electron chi connectivity index (χ0n) is 17.0. The fourth-order valence-electron chi connectivity index (χ4n) is 4.27. The minimum absolute atomic E-state index is 0. The molecule has 0 aromatic heterocycles. The van der Waals surface area contributed by atoms with E-state index in [9.17, 15) is 0 Å². The Labute approximate surface area is 210 Å². The average molecular weight is 510 g/mol. The molecule has 0 fully saturated rings. The van der Waals surface area contributed by atoms with Crippen molar-refractivity contribution < 1.29 is 51.0 Å². The summed E-state index contributed by atoms with van der Waals surface area (Å²) in [6.07, 6.45) is 3.61. The van der Waals surface area contributed by atoms with E-state index in [1.807, 2.05) is 0 Å². The molecule has 0 aliphatic heterocycles. The van der Waals surface area contributed by atoms with E-state index >= 15 is 0 Å². The molecule has 5 rings (SSSR count). The first kappa shape index (κ1) is 24.7. The van der Waals surface area contributed by atoms with Gasteiger partial charge >= 0.3 is 26.2 Å². The molecule has 149 valence electrons. The predicted octanol–water partition coefficient (Wildman–Crippen LogP) is 1.88. The van der Waals surface area contributed by atoms with E-state index in [1.54, 1.807) is 0 Å². The number of hydrogen-bond donors (Lipinski definition) is 0. The fourth-order valence-corrected chi connectivity index (χ4v) is 4.27. The van der Waals surface area contributed by atoms with Crippen LogP contribution >= 0.6 is 0 Å². The largest absolute Gasteiger partial charge is 3.00 e. The minimum Gasteiger partial charge on any atom is -1.00 e. The van der Waals surface area contributed by atoms with E-state index < -0.39 is 0 Å². The number of hydrogen-bond acceptors (Lipinski definition) is 0. The molecule has 0 amide bonds. The van der Waals surface area contributed by atoms with Gasteiger partial charge in [-0.25, -0.2) is 0 Å². The van der Waals surface area contributed by atoms with Gasteiger partial charge in [0.1, 0.15) is 0 Å². The molecular weight excluding hydrogens is 486 g/mol. The smallest absolute Gasteiger partial charge is 1.00 e. The van der Waals surface area contributed by atoms with Crippen LogP contribution in [0, 0.1) is 0 Å². The van der Waals surface area contributed by atoms with Crippen molar-refractivity contribution in [3.63, 3.8) is 0 Å². The number of aryl methyl sites for hydroxylation is 1. The molecule has 0 heterocycles. The zero-order chi connectivity index (χ0) is 18.2. The molecular formula is C27H23Cl2Zr. The van der Waals surface area contributed by atoms with Gasteiger partial charge in [0.2, 0.25) is 0 Å². The number of benzene rings is 4. The summed E-state index contributed by atoms with van der Waals surface area (Å²) < 4.78 is 0. The van der Waals surface area contributed by atoms with Crippen LogP contribution in [0.3, 0.4) is 0 Å². The average Bonchev–Trinajstić information content (AvgIpc) is 3.15. The number of fused-ring (bicyclic) bond motifs is 4. The Kier molecular flexibility index (Phi) is 8.80. The van der Waals surface area contributed by atoms with Crippen LogP contribution in [0.5, 0.6) is 0 Å². The molecule has 5 aromatic rings. The van der Waals surface area contributed by atoms with Crippen LogP contribution in [0.2, 0.25) is 0 Å². The summed E-state index contributed by atoms with van der Waals surface area (Å²) in [4.78, 5) is 0. The maximum absolute atomic E-state index is 2.43. The van der Waals surface area contributed by atoms with Gasteiger partial charge in [0, 0.05) is 0 Å². The van der Waals surface area contributed by atoms with Crippen LogP contribution in [-0.2, 0) is 32.6 Å². The van der Waals surface area contributed by atoms with Gasteiger partial charge in [0.05, 0.1) is 0 Å². The third-order valence-electron chi connectivity index (χ3n) is 5.65. The first-order valence-electron chi connectivity index (χ1n) is 9.94. The number of unbranched alkanes of at least 4 members (excludes halogenated alkanes) is 1. The summed E-state index contributed by atoms with van der Waals surface area (Å²) in [7, 11) is 0. The topological polar surface area (TPSA) is 0 Å². The summed E-state index contributed by atoms with van der Waals surface area (Å²) >= 11 is 0. The van der Waals surface area contributed by atoms with E-state index in [0.29, 0.717) is 0 Å². The van der Waals surface area contributed by atoms with Gasteiger partial charge in [0.15, 0.2) is 0 Å². The van der Waals surface area contributed by atoms with Crippen molar-refractivity contribution in [3.8, 4) is 11.1 Å². The summed E-state index contributed by atoms with van der Waals surface area (Å²) in [6, 6.07) is 31.5. The van der Waals surface area contributed by atoms with Crippen LogP contribution < -0.4 is 24.8 Å². The molecule has 3 heteroatoms. The second kappa shape index (κ2) is 10.7. The molecule has 1 radical (unpaired) electrons. The Hall–Kier alpha value is -1.53. The predicted molar refractivity (Wildman–Crippen MR) is 119 cm³/mol. The Morgan fingerprint density at radius 3 is 2.20 bits per heavy atom. The van der Waals surface area contributed by atoms with Gasteiger partial charge < -0.3 is 24.8 Å². The number of rotatable bonds is 4. The van der Waals surface area contributed by atoms with Crippen molar-refractivity contribution >= 4 is 32.3 Å². The molecule has 0 unspecified atom stereocenters. The van der Waals surface area contributed by atoms with Crippen LogP contribution in [0.25, 0.3) is 43.4 Å². The standard InChI is InChI=1S/C27H23.2ClH.Zr/c1-2-3-8-19-15-23-14-13-20-9-6-7-12-25(20)27(23)26(16-19)24-17-21-10-4-5-11-22(21)18-24;;;/h4-7,9-18H,2-3,8H2,1H3;2*1H;/q-1;;;+3/p-2. The zero-order valence-corrected chi connectivity index (χ0v) is 20.9. The molecule has 0 N–H and O–H groups in total. The second-order valence-electron chi connectivity index (χ2n) is 7.50. The van der Waals surface area contributed by atoms with Gasteiger partial charge in [-0.15, -0.1) is 34.5 Å². The third-order valence-corrected chi connectivity index (χ3v) is 5.65. The first-order valence-corrected chi connectivity index (χ1v) is 9.94. The van der Waals surface area contributed by atoms with Crippen molar-refractivity contribution in [1.29, 1.82) is 0 Å². The molecule has 0 saturated carbocycles. The van der Waals surface area contributed by atoms with E-state index in [4.69, 9.17) is 0 Å². The van der Waals surface area contributed by atoms with Crippen molar-refractivity contribution in [2.75, 3.05) is 0 Å². The summed E-state index contributed by atoms with van der Waals surface area (Å²) in [5, 5.41) is 8.02. The van der Waals surface area contributed by atoms with Crippen molar-refractivity contribution in [2.45, 2.75) is 26.2 Å².